The molecule has 2 saturated carbocycles. The van der Waals surface area contributed by atoms with Crippen molar-refractivity contribution in [2.75, 3.05) is 0 Å². The molecule has 0 aromatic heterocycles. The van der Waals surface area contributed by atoms with E-state index in [1.54, 1.807) is 0 Å². The van der Waals surface area contributed by atoms with E-state index in [2.05, 4.69) is 5.32 Å². The van der Waals surface area contributed by atoms with Gasteiger partial charge in [-0.15, -0.1) is 0 Å². The van der Waals surface area contributed by atoms with Crippen molar-refractivity contribution >= 4 is 5.91 Å². The van der Waals surface area contributed by atoms with Crippen molar-refractivity contribution < 1.29 is 9.90 Å². The largest absolute Gasteiger partial charge is 0.391 e. The first kappa shape index (κ1) is 11.9. The summed E-state index contributed by atoms with van der Waals surface area (Å²) in [6, 6.07) is -0.0812. The minimum atomic E-state index is -0.669. The van der Waals surface area contributed by atoms with Crippen molar-refractivity contribution in [2.24, 2.45) is 5.73 Å². The molecule has 0 aromatic rings. The lowest BCUT2D eigenvalue weighted by Gasteiger charge is -2.32. The minimum Gasteiger partial charge on any atom is -0.391 e. The van der Waals surface area contributed by atoms with E-state index >= 15 is 0 Å². The smallest absolute Gasteiger partial charge is 0.240 e. The van der Waals surface area contributed by atoms with Gasteiger partial charge in [0, 0.05) is 0 Å². The van der Waals surface area contributed by atoms with Crippen LogP contribution in [0.25, 0.3) is 0 Å². The normalized spacial score (nSPS) is 33.6. The van der Waals surface area contributed by atoms with Crippen molar-refractivity contribution in [2.45, 2.75) is 69.1 Å². The summed E-state index contributed by atoms with van der Waals surface area (Å²) in [7, 11) is 0. The predicted octanol–water partition coefficient (Wildman–Crippen LogP) is 0.678. The number of carbonyl (C=O) groups excluding carboxylic acids is 1. The second kappa shape index (κ2) is 4.72. The first-order chi connectivity index (χ1) is 7.62. The van der Waals surface area contributed by atoms with Crippen molar-refractivity contribution in [3.05, 3.63) is 0 Å². The highest BCUT2D eigenvalue weighted by Gasteiger charge is 2.38. The first-order valence-electron chi connectivity index (χ1n) is 6.40. The highest BCUT2D eigenvalue weighted by Crippen LogP contribution is 2.28. The summed E-state index contributed by atoms with van der Waals surface area (Å²) in [6.07, 6.45) is 7.06. The van der Waals surface area contributed by atoms with Gasteiger partial charge in [0.05, 0.1) is 17.7 Å². The van der Waals surface area contributed by atoms with Crippen molar-refractivity contribution in [1.29, 1.82) is 0 Å². The number of hydrogen-bond acceptors (Lipinski definition) is 3. The number of carbonyl (C=O) groups is 1. The average Bonchev–Trinajstić information content (AvgIpc) is 2.70. The molecule has 4 heteroatoms. The van der Waals surface area contributed by atoms with Crippen molar-refractivity contribution in [3.63, 3.8) is 0 Å². The van der Waals surface area contributed by atoms with Gasteiger partial charge in [0.25, 0.3) is 0 Å². The molecule has 0 saturated heterocycles. The van der Waals surface area contributed by atoms with Crippen LogP contribution in [0.2, 0.25) is 0 Å². The van der Waals surface area contributed by atoms with Gasteiger partial charge in [-0.1, -0.05) is 25.7 Å². The van der Waals surface area contributed by atoms with Gasteiger partial charge in [-0.05, 0) is 25.7 Å². The van der Waals surface area contributed by atoms with Crippen LogP contribution in [0.15, 0.2) is 0 Å². The second-order valence-electron chi connectivity index (χ2n) is 5.30. The number of nitrogens with one attached hydrogen (secondary N) is 1. The Labute approximate surface area is 96.6 Å². The van der Waals surface area contributed by atoms with Gasteiger partial charge in [0.15, 0.2) is 0 Å². The molecular formula is C12H22N2O2. The molecule has 0 spiro atoms. The maximum atomic E-state index is 12.0. The van der Waals surface area contributed by atoms with Crippen LogP contribution in [-0.4, -0.2) is 28.7 Å². The van der Waals surface area contributed by atoms with Gasteiger partial charge < -0.3 is 16.2 Å². The SMILES string of the molecule is NC1(C(=O)N[C@H]2CCCC[C@@H]2O)CCCC1. The fraction of sp³-hybridized carbons (Fsp3) is 0.917. The van der Waals surface area contributed by atoms with E-state index in [1.165, 1.54) is 0 Å². The molecule has 4 N–H and O–H groups in total. The van der Waals surface area contributed by atoms with E-state index in [0.29, 0.717) is 0 Å². The summed E-state index contributed by atoms with van der Waals surface area (Å²) < 4.78 is 0. The van der Waals surface area contributed by atoms with E-state index in [-0.39, 0.29) is 18.1 Å². The van der Waals surface area contributed by atoms with Crippen molar-refractivity contribution in [3.8, 4) is 0 Å². The molecule has 0 unspecified atom stereocenters. The van der Waals surface area contributed by atoms with E-state index in [9.17, 15) is 9.90 Å². The average molecular weight is 226 g/mol. The zero-order chi connectivity index (χ0) is 11.6. The summed E-state index contributed by atoms with van der Waals surface area (Å²) >= 11 is 0. The number of aliphatic hydroxyl groups excluding tert-OH is 1. The molecule has 0 aliphatic heterocycles. The molecule has 0 heterocycles. The molecule has 0 bridgehead atoms. The summed E-state index contributed by atoms with van der Waals surface area (Å²) in [5.74, 6) is -0.0593. The maximum Gasteiger partial charge on any atom is 0.240 e. The van der Waals surface area contributed by atoms with Crippen LogP contribution < -0.4 is 11.1 Å². The lowest BCUT2D eigenvalue weighted by molar-refractivity contribution is -0.128. The standard InChI is InChI=1S/C12H22N2O2/c13-12(7-3-4-8-12)11(16)14-9-5-1-2-6-10(9)15/h9-10,15H,1-8,13H2,(H,14,16)/t9-,10-/m0/s1. The molecule has 4 nitrogen and oxygen atoms in total. The predicted molar refractivity (Wildman–Crippen MR) is 61.8 cm³/mol. The zero-order valence-electron chi connectivity index (χ0n) is 9.74. The van der Waals surface area contributed by atoms with Crippen LogP contribution in [0, 0.1) is 0 Å². The quantitative estimate of drug-likeness (QED) is 0.648. The fourth-order valence-electron chi connectivity index (χ4n) is 2.82. The summed E-state index contributed by atoms with van der Waals surface area (Å²) in [4.78, 5) is 12.0. The third-order valence-electron chi connectivity index (χ3n) is 3.99. The van der Waals surface area contributed by atoms with E-state index in [0.717, 1.165) is 51.4 Å². The van der Waals surface area contributed by atoms with E-state index < -0.39 is 5.54 Å². The van der Waals surface area contributed by atoms with E-state index in [4.69, 9.17) is 5.73 Å². The first-order valence-corrected chi connectivity index (χ1v) is 6.40. The van der Waals surface area contributed by atoms with E-state index in [1.807, 2.05) is 0 Å². The number of aliphatic hydroxyl groups is 1. The third kappa shape index (κ3) is 2.38. The monoisotopic (exact) mass is 226 g/mol. The third-order valence-corrected chi connectivity index (χ3v) is 3.99. The van der Waals surface area contributed by atoms with Crippen molar-refractivity contribution in [1.82, 2.24) is 5.32 Å². The van der Waals surface area contributed by atoms with Crippen LogP contribution in [0.1, 0.15) is 51.4 Å². The molecule has 0 radical (unpaired) electrons. The molecule has 0 aromatic carbocycles. The molecule has 2 atom stereocenters. The maximum absolute atomic E-state index is 12.0. The van der Waals surface area contributed by atoms with Gasteiger partial charge >= 0.3 is 0 Å². The Kier molecular flexibility index (Phi) is 3.50. The summed E-state index contributed by atoms with van der Waals surface area (Å²) in [5.41, 5.74) is 5.40. The van der Waals surface area contributed by atoms with Gasteiger partial charge in [0.2, 0.25) is 5.91 Å². The Bertz CT molecular complexity index is 262. The molecule has 92 valence electrons. The minimum absolute atomic E-state index is 0.0593. The van der Waals surface area contributed by atoms with Crippen LogP contribution in [0.3, 0.4) is 0 Å². The van der Waals surface area contributed by atoms with Crippen LogP contribution in [-0.2, 0) is 4.79 Å². The molecule has 2 rings (SSSR count). The van der Waals surface area contributed by atoms with Gasteiger partial charge in [-0.2, -0.15) is 0 Å². The Balaban J connectivity index is 1.90. The van der Waals surface area contributed by atoms with Crippen LogP contribution >= 0.6 is 0 Å². The number of nitrogens with two attached hydrogens (primary N) is 1. The number of amides is 1. The van der Waals surface area contributed by atoms with Crippen LogP contribution in [0.4, 0.5) is 0 Å². The van der Waals surface area contributed by atoms with Crippen LogP contribution in [0.5, 0.6) is 0 Å². The number of hydrogen-bond donors (Lipinski definition) is 3. The lowest BCUT2D eigenvalue weighted by Crippen LogP contribution is -2.57. The molecule has 16 heavy (non-hydrogen) atoms. The Morgan fingerprint density at radius 1 is 1.19 bits per heavy atom. The van der Waals surface area contributed by atoms with Gasteiger partial charge in [-0.25, -0.2) is 0 Å². The van der Waals surface area contributed by atoms with Gasteiger partial charge in [-0.3, -0.25) is 4.79 Å². The molecule has 2 aliphatic carbocycles. The highest BCUT2D eigenvalue weighted by molar-refractivity contribution is 5.86. The summed E-state index contributed by atoms with van der Waals surface area (Å²) in [6.45, 7) is 0. The molecule has 2 aliphatic rings. The Morgan fingerprint density at radius 3 is 2.44 bits per heavy atom. The summed E-state index contributed by atoms with van der Waals surface area (Å²) in [5, 5.41) is 12.7. The molecular weight excluding hydrogens is 204 g/mol. The van der Waals surface area contributed by atoms with Gasteiger partial charge in [0.1, 0.15) is 0 Å². The lowest BCUT2D eigenvalue weighted by atomic mass is 9.90. The highest BCUT2D eigenvalue weighted by atomic mass is 16.3. The molecule has 1 amide bonds. The second-order valence-corrected chi connectivity index (χ2v) is 5.30. The number of rotatable bonds is 2. The zero-order valence-corrected chi connectivity index (χ0v) is 9.74. The Morgan fingerprint density at radius 2 is 1.81 bits per heavy atom. The topological polar surface area (TPSA) is 75.4 Å². The molecule has 2 fully saturated rings. The fourth-order valence-corrected chi connectivity index (χ4v) is 2.82. The Hall–Kier alpha value is -0.610.